The van der Waals surface area contributed by atoms with Crippen LogP contribution in [0.1, 0.15) is 16.6 Å². The summed E-state index contributed by atoms with van der Waals surface area (Å²) in [5.41, 5.74) is 1.58. The first kappa shape index (κ1) is 20.1. The predicted octanol–water partition coefficient (Wildman–Crippen LogP) is 3.44. The maximum Gasteiger partial charge on any atom is 0.321 e. The molecule has 0 unspecified atom stereocenters. The number of thiophene rings is 1. The Morgan fingerprint density at radius 1 is 1.18 bits per heavy atom. The van der Waals surface area contributed by atoms with Crippen molar-refractivity contribution in [2.24, 2.45) is 0 Å². The molecule has 2 aliphatic heterocycles. The van der Waals surface area contributed by atoms with Crippen LogP contribution in [0.3, 0.4) is 0 Å². The lowest BCUT2D eigenvalue weighted by Gasteiger charge is -2.25. The van der Waals surface area contributed by atoms with Gasteiger partial charge in [0.2, 0.25) is 5.95 Å². The first-order valence-corrected chi connectivity index (χ1v) is 11.3. The number of pyridine rings is 1. The highest BCUT2D eigenvalue weighted by atomic mass is 32.1. The van der Waals surface area contributed by atoms with Crippen LogP contribution in [0.15, 0.2) is 30.3 Å². The lowest BCUT2D eigenvalue weighted by Crippen LogP contribution is -2.39. The third-order valence-corrected chi connectivity index (χ3v) is 6.65. The van der Waals surface area contributed by atoms with Gasteiger partial charge in [0, 0.05) is 34.1 Å². The molecule has 0 saturated carbocycles. The first-order chi connectivity index (χ1) is 16.0. The Bertz CT molecular complexity index is 1410. The molecular weight excluding hydrogens is 447 g/mol. The fourth-order valence-corrected chi connectivity index (χ4v) is 4.97. The summed E-state index contributed by atoms with van der Waals surface area (Å²) in [6, 6.07) is 8.78. The van der Waals surface area contributed by atoms with E-state index in [2.05, 4.69) is 30.9 Å². The quantitative estimate of drug-likeness (QED) is 0.393. The molecule has 0 aliphatic carbocycles. The summed E-state index contributed by atoms with van der Waals surface area (Å²) in [6.07, 6.45) is -0.166. The van der Waals surface area contributed by atoms with Crippen LogP contribution in [0.4, 0.5) is 21.7 Å². The number of carbonyl (C=O) groups is 1. The Balaban J connectivity index is 1.35. The van der Waals surface area contributed by atoms with E-state index >= 15 is 0 Å². The van der Waals surface area contributed by atoms with Gasteiger partial charge in [-0.05, 0) is 31.2 Å². The summed E-state index contributed by atoms with van der Waals surface area (Å²) in [5.74, 6) is -0.0360. The minimum absolute atomic E-state index is 0.0370. The maximum absolute atomic E-state index is 14.0. The summed E-state index contributed by atoms with van der Waals surface area (Å²) in [7, 11) is 0. The number of aromatic nitrogens is 3. The van der Waals surface area contributed by atoms with Crippen molar-refractivity contribution >= 4 is 55.6 Å². The molecule has 4 aromatic rings. The second-order valence-corrected chi connectivity index (χ2v) is 9.08. The smallest absolute Gasteiger partial charge is 0.321 e. The minimum Gasteiger partial charge on any atom is -0.455 e. The Kier molecular flexibility index (Phi) is 4.73. The van der Waals surface area contributed by atoms with Gasteiger partial charge in [0.1, 0.15) is 22.6 Å². The zero-order valence-electron chi connectivity index (χ0n) is 17.5. The van der Waals surface area contributed by atoms with E-state index in [0.717, 1.165) is 26.7 Å². The van der Waals surface area contributed by atoms with Gasteiger partial charge in [-0.2, -0.15) is 14.4 Å². The number of halogens is 1. The third-order valence-electron chi connectivity index (χ3n) is 5.50. The fraction of sp³-hybridized carbons (Fsp3) is 0.273. The standard InChI is InChI=1S/C22H19FN6O3S/c1-10-7-24-19-18-12-2-5-16(26-13(12)3-4-14(18)33-20(19)21(30)25-10)28-17-6-15(23)27-22(29-17)32-11-8-31-9-11/h2-6,10-11,24H,7-9H2,1H3,(H,25,30)(H,26,27,28,29)/t10-/m1/s1. The van der Waals surface area contributed by atoms with Gasteiger partial charge in [-0.15, -0.1) is 11.3 Å². The van der Waals surface area contributed by atoms with E-state index in [0.29, 0.717) is 30.5 Å². The zero-order chi connectivity index (χ0) is 22.5. The molecule has 5 heterocycles. The number of anilines is 3. The number of nitrogens with zero attached hydrogens (tertiary/aromatic N) is 3. The van der Waals surface area contributed by atoms with Crippen molar-refractivity contribution in [3.05, 3.63) is 41.2 Å². The first-order valence-electron chi connectivity index (χ1n) is 10.5. The second kappa shape index (κ2) is 7.78. The minimum atomic E-state index is -0.704. The van der Waals surface area contributed by atoms with E-state index in [4.69, 9.17) is 9.47 Å². The zero-order valence-corrected chi connectivity index (χ0v) is 18.3. The molecule has 1 amide bonds. The molecule has 1 fully saturated rings. The van der Waals surface area contributed by atoms with Gasteiger partial charge in [0.15, 0.2) is 0 Å². The SMILES string of the molecule is C[C@@H]1CNc2c(sc3ccc4nc(Nc5cc(F)nc(OC6COC6)n5)ccc4c23)C(=O)N1. The fourth-order valence-electron chi connectivity index (χ4n) is 3.87. The van der Waals surface area contributed by atoms with Crippen LogP contribution in [-0.2, 0) is 4.74 Å². The number of hydrogen-bond donors (Lipinski definition) is 3. The van der Waals surface area contributed by atoms with Gasteiger partial charge in [0.05, 0.1) is 24.4 Å². The van der Waals surface area contributed by atoms with Gasteiger partial charge in [-0.25, -0.2) is 4.98 Å². The highest BCUT2D eigenvalue weighted by Gasteiger charge is 2.25. The highest BCUT2D eigenvalue weighted by Crippen LogP contribution is 2.41. The molecule has 6 rings (SSSR count). The Hall–Kier alpha value is -3.57. The van der Waals surface area contributed by atoms with Gasteiger partial charge in [-0.3, -0.25) is 4.79 Å². The topological polar surface area (TPSA) is 110 Å². The van der Waals surface area contributed by atoms with Crippen molar-refractivity contribution in [2.75, 3.05) is 30.4 Å². The molecule has 3 N–H and O–H groups in total. The van der Waals surface area contributed by atoms with Crippen LogP contribution in [0.2, 0.25) is 0 Å². The monoisotopic (exact) mass is 466 g/mol. The summed E-state index contributed by atoms with van der Waals surface area (Å²) >= 11 is 1.46. The molecule has 2 aliphatic rings. The number of hydrogen-bond acceptors (Lipinski definition) is 9. The number of rotatable bonds is 4. The Morgan fingerprint density at radius 3 is 2.88 bits per heavy atom. The van der Waals surface area contributed by atoms with Gasteiger partial charge >= 0.3 is 6.01 Å². The van der Waals surface area contributed by atoms with Crippen molar-refractivity contribution in [1.29, 1.82) is 0 Å². The van der Waals surface area contributed by atoms with Crippen molar-refractivity contribution in [2.45, 2.75) is 19.1 Å². The third kappa shape index (κ3) is 3.68. The van der Waals surface area contributed by atoms with E-state index in [-0.39, 0.29) is 29.9 Å². The normalized spacial score (nSPS) is 18.2. The number of ether oxygens (including phenoxy) is 2. The van der Waals surface area contributed by atoms with Crippen LogP contribution in [0.5, 0.6) is 6.01 Å². The lowest BCUT2D eigenvalue weighted by molar-refractivity contribution is -0.0833. The molecule has 1 saturated heterocycles. The van der Waals surface area contributed by atoms with Crippen LogP contribution >= 0.6 is 11.3 Å². The molecule has 1 aromatic carbocycles. The van der Waals surface area contributed by atoms with E-state index in [1.165, 1.54) is 17.4 Å². The molecular formula is C22H19FN6O3S. The van der Waals surface area contributed by atoms with Crippen molar-refractivity contribution < 1.29 is 18.7 Å². The highest BCUT2D eigenvalue weighted by molar-refractivity contribution is 7.21. The molecule has 0 bridgehead atoms. The van der Waals surface area contributed by atoms with E-state index in [9.17, 15) is 9.18 Å². The maximum atomic E-state index is 14.0. The molecule has 0 radical (unpaired) electrons. The molecule has 168 valence electrons. The number of nitrogens with one attached hydrogen (secondary N) is 3. The average Bonchev–Trinajstić information content (AvgIpc) is 3.07. The van der Waals surface area contributed by atoms with E-state index in [1.54, 1.807) is 6.07 Å². The lowest BCUT2D eigenvalue weighted by atomic mass is 10.1. The molecule has 1 atom stereocenters. The summed E-state index contributed by atoms with van der Waals surface area (Å²) in [5, 5.41) is 11.3. The van der Waals surface area contributed by atoms with Crippen LogP contribution in [0.25, 0.3) is 21.0 Å². The summed E-state index contributed by atoms with van der Waals surface area (Å²) < 4.78 is 25.6. The predicted molar refractivity (Wildman–Crippen MR) is 123 cm³/mol. The van der Waals surface area contributed by atoms with E-state index < -0.39 is 5.95 Å². The number of benzene rings is 1. The van der Waals surface area contributed by atoms with Crippen LogP contribution < -0.4 is 20.7 Å². The molecule has 9 nitrogen and oxygen atoms in total. The number of fused-ring (bicyclic) bond motifs is 5. The van der Waals surface area contributed by atoms with Gasteiger partial charge in [-0.1, -0.05) is 0 Å². The molecule has 11 heteroatoms. The van der Waals surface area contributed by atoms with Crippen LogP contribution in [0, 0.1) is 5.95 Å². The Labute approximate surface area is 191 Å². The second-order valence-electron chi connectivity index (χ2n) is 8.02. The Morgan fingerprint density at radius 2 is 2.06 bits per heavy atom. The van der Waals surface area contributed by atoms with Crippen molar-refractivity contribution in [1.82, 2.24) is 20.3 Å². The number of amides is 1. The van der Waals surface area contributed by atoms with Crippen LogP contribution in [-0.4, -0.2) is 52.8 Å². The average molecular weight is 466 g/mol. The molecule has 0 spiro atoms. The largest absolute Gasteiger partial charge is 0.455 e. The van der Waals surface area contributed by atoms with Gasteiger partial charge < -0.3 is 25.4 Å². The van der Waals surface area contributed by atoms with Crippen molar-refractivity contribution in [3.8, 4) is 6.01 Å². The van der Waals surface area contributed by atoms with Crippen molar-refractivity contribution in [3.63, 3.8) is 0 Å². The summed E-state index contributed by atoms with van der Waals surface area (Å²) in [4.78, 5) is 25.8. The summed E-state index contributed by atoms with van der Waals surface area (Å²) in [6.45, 7) is 3.48. The van der Waals surface area contributed by atoms with E-state index in [1.807, 2.05) is 25.1 Å². The molecule has 33 heavy (non-hydrogen) atoms. The van der Waals surface area contributed by atoms with Gasteiger partial charge in [0.25, 0.3) is 5.91 Å². The number of carbonyl (C=O) groups excluding carboxylic acids is 1. The molecule has 3 aromatic heterocycles.